The fraction of sp³-hybridized carbons (Fsp3) is 0.600. The Kier molecular flexibility index (Phi) is 2.65. The summed E-state index contributed by atoms with van der Waals surface area (Å²) in [6, 6.07) is 10.6. The molecule has 0 amide bonds. The van der Waals surface area contributed by atoms with Crippen LogP contribution >= 0.6 is 0 Å². The topological polar surface area (TPSA) is 3.24 Å². The van der Waals surface area contributed by atoms with Gasteiger partial charge in [0.1, 0.15) is 0 Å². The van der Waals surface area contributed by atoms with E-state index < -0.39 is 6.02 Å². The molecule has 0 bridgehead atoms. The zero-order valence-electron chi connectivity index (χ0n) is 10.9. The standard InChI is InChI=1S/C15H21N/c1-2-7-13(8-3-1)15-11-6-10-14-9-4-5-12-16(14)15/h1-3,7-8,14-15H,4-6,9-12H2/t14-,15-/m0/s1/i15D. The van der Waals surface area contributed by atoms with Gasteiger partial charge in [-0.2, -0.15) is 0 Å². The maximum absolute atomic E-state index is 8.91. The molecule has 0 spiro atoms. The normalized spacial score (nSPS) is 36.5. The van der Waals surface area contributed by atoms with E-state index >= 15 is 0 Å². The predicted molar refractivity (Wildman–Crippen MR) is 67.4 cm³/mol. The van der Waals surface area contributed by atoms with E-state index in [1.807, 2.05) is 6.07 Å². The summed E-state index contributed by atoms with van der Waals surface area (Å²) >= 11 is 0. The van der Waals surface area contributed by atoms with Crippen LogP contribution in [0.1, 0.15) is 51.5 Å². The van der Waals surface area contributed by atoms with Gasteiger partial charge in [0, 0.05) is 12.1 Å². The van der Waals surface area contributed by atoms with Gasteiger partial charge in [0.2, 0.25) is 0 Å². The Hall–Kier alpha value is -0.820. The van der Waals surface area contributed by atoms with Gasteiger partial charge in [-0.15, -0.1) is 0 Å². The predicted octanol–water partition coefficient (Wildman–Crippen LogP) is 3.77. The van der Waals surface area contributed by atoms with Gasteiger partial charge in [0.05, 0.1) is 1.37 Å². The lowest BCUT2D eigenvalue weighted by Crippen LogP contribution is -2.44. The van der Waals surface area contributed by atoms with E-state index in [9.17, 15) is 0 Å². The summed E-state index contributed by atoms with van der Waals surface area (Å²) in [6.07, 6.45) is 7.42. The van der Waals surface area contributed by atoms with Crippen molar-refractivity contribution in [1.29, 1.82) is 0 Å². The largest absolute Gasteiger partial charge is 0.293 e. The van der Waals surface area contributed by atoms with Crippen molar-refractivity contribution in [2.75, 3.05) is 6.54 Å². The Morgan fingerprint density at radius 1 is 1.00 bits per heavy atom. The van der Waals surface area contributed by atoms with Crippen LogP contribution in [0.5, 0.6) is 0 Å². The molecule has 1 aromatic rings. The molecule has 0 saturated carbocycles. The maximum atomic E-state index is 8.91. The van der Waals surface area contributed by atoms with Crippen molar-refractivity contribution in [2.24, 2.45) is 0 Å². The fourth-order valence-electron chi connectivity index (χ4n) is 3.25. The number of piperidine rings is 2. The van der Waals surface area contributed by atoms with Gasteiger partial charge in [0.25, 0.3) is 0 Å². The lowest BCUT2D eigenvalue weighted by Gasteiger charge is -2.45. The number of benzene rings is 1. The van der Waals surface area contributed by atoms with Gasteiger partial charge in [-0.05, 0) is 44.2 Å². The highest BCUT2D eigenvalue weighted by atomic mass is 15.2. The van der Waals surface area contributed by atoms with E-state index in [0.717, 1.165) is 13.0 Å². The Morgan fingerprint density at radius 2 is 1.81 bits per heavy atom. The summed E-state index contributed by atoms with van der Waals surface area (Å²) in [6.45, 7) is 1.11. The monoisotopic (exact) mass is 216 g/mol. The summed E-state index contributed by atoms with van der Waals surface area (Å²) in [5.41, 5.74) is 1.19. The lowest BCUT2D eigenvalue weighted by molar-refractivity contribution is 0.0518. The molecular weight excluding hydrogens is 194 g/mol. The van der Waals surface area contributed by atoms with E-state index in [2.05, 4.69) is 29.2 Å². The smallest absolute Gasteiger partial charge is 0.0518 e. The van der Waals surface area contributed by atoms with Crippen molar-refractivity contribution in [1.82, 2.24) is 4.90 Å². The molecule has 1 heteroatoms. The third-order valence-corrected chi connectivity index (χ3v) is 4.03. The van der Waals surface area contributed by atoms with E-state index in [0.29, 0.717) is 6.04 Å². The second-order valence-corrected chi connectivity index (χ2v) is 5.05. The second kappa shape index (κ2) is 4.58. The molecule has 2 aliphatic rings. The second-order valence-electron chi connectivity index (χ2n) is 5.05. The van der Waals surface area contributed by atoms with Crippen LogP contribution in [0, 0.1) is 0 Å². The first-order valence-corrected chi connectivity index (χ1v) is 6.63. The van der Waals surface area contributed by atoms with Crippen molar-refractivity contribution >= 4 is 0 Å². The van der Waals surface area contributed by atoms with Crippen LogP contribution in [0.15, 0.2) is 30.3 Å². The number of nitrogens with zero attached hydrogens (tertiary/aromatic N) is 1. The Morgan fingerprint density at radius 3 is 2.69 bits per heavy atom. The molecule has 2 fully saturated rings. The van der Waals surface area contributed by atoms with Crippen LogP contribution in [-0.4, -0.2) is 17.5 Å². The summed E-state index contributed by atoms with van der Waals surface area (Å²) < 4.78 is 8.91. The van der Waals surface area contributed by atoms with Crippen LogP contribution in [0.2, 0.25) is 0 Å². The van der Waals surface area contributed by atoms with Gasteiger partial charge in [-0.25, -0.2) is 0 Å². The Labute approximate surface area is 99.9 Å². The number of fused-ring (bicyclic) bond motifs is 1. The molecule has 0 aliphatic carbocycles. The minimum Gasteiger partial charge on any atom is -0.293 e. The van der Waals surface area contributed by atoms with E-state index in [4.69, 9.17) is 1.37 Å². The first-order chi connectivity index (χ1) is 8.31. The summed E-state index contributed by atoms with van der Waals surface area (Å²) in [7, 11) is 0. The SMILES string of the molecule is [2H][C@@]1(c2ccccc2)CCC[C@@H]2CCCCN21. The first-order valence-electron chi connectivity index (χ1n) is 7.13. The molecule has 86 valence electrons. The van der Waals surface area contributed by atoms with Crippen LogP contribution < -0.4 is 0 Å². The van der Waals surface area contributed by atoms with E-state index in [-0.39, 0.29) is 0 Å². The molecule has 1 aromatic carbocycles. The molecule has 2 saturated heterocycles. The molecular formula is C15H21N. The first kappa shape index (κ1) is 9.23. The average molecular weight is 216 g/mol. The van der Waals surface area contributed by atoms with Crippen molar-refractivity contribution in [3.05, 3.63) is 35.9 Å². The van der Waals surface area contributed by atoms with Gasteiger partial charge in [-0.1, -0.05) is 36.8 Å². The van der Waals surface area contributed by atoms with Gasteiger partial charge >= 0.3 is 0 Å². The zero-order valence-corrected chi connectivity index (χ0v) is 9.86. The van der Waals surface area contributed by atoms with E-state index in [1.165, 1.54) is 37.7 Å². The summed E-state index contributed by atoms with van der Waals surface area (Å²) in [5, 5.41) is 0. The Bertz CT molecular complexity index is 376. The Balaban J connectivity index is 1.94. The highest BCUT2D eigenvalue weighted by Crippen LogP contribution is 2.38. The van der Waals surface area contributed by atoms with Crippen LogP contribution in [0.3, 0.4) is 0 Å². The number of hydrogen-bond donors (Lipinski definition) is 0. The summed E-state index contributed by atoms with van der Waals surface area (Å²) in [5.74, 6) is 0. The molecule has 0 unspecified atom stereocenters. The van der Waals surface area contributed by atoms with Gasteiger partial charge < -0.3 is 0 Å². The van der Waals surface area contributed by atoms with Crippen LogP contribution in [0.4, 0.5) is 0 Å². The van der Waals surface area contributed by atoms with Crippen molar-refractivity contribution in [3.8, 4) is 0 Å². The van der Waals surface area contributed by atoms with E-state index in [1.54, 1.807) is 0 Å². The molecule has 2 heterocycles. The number of rotatable bonds is 1. The van der Waals surface area contributed by atoms with Crippen molar-refractivity contribution < 1.29 is 1.37 Å². The molecule has 16 heavy (non-hydrogen) atoms. The van der Waals surface area contributed by atoms with Gasteiger partial charge in [-0.3, -0.25) is 4.90 Å². The fourth-order valence-corrected chi connectivity index (χ4v) is 3.25. The molecule has 0 radical (unpaired) electrons. The molecule has 2 atom stereocenters. The van der Waals surface area contributed by atoms with Crippen molar-refractivity contribution in [2.45, 2.75) is 50.6 Å². The third-order valence-electron chi connectivity index (χ3n) is 4.03. The minimum atomic E-state index is -0.454. The van der Waals surface area contributed by atoms with Crippen LogP contribution in [0.25, 0.3) is 0 Å². The molecule has 1 nitrogen and oxygen atoms in total. The summed E-state index contributed by atoms with van der Waals surface area (Å²) in [4.78, 5) is 2.47. The van der Waals surface area contributed by atoms with Crippen LogP contribution in [-0.2, 0) is 0 Å². The molecule has 2 aliphatic heterocycles. The third kappa shape index (κ3) is 1.89. The maximum Gasteiger partial charge on any atom is 0.0518 e. The van der Waals surface area contributed by atoms with Gasteiger partial charge in [0.15, 0.2) is 0 Å². The highest BCUT2D eigenvalue weighted by molar-refractivity contribution is 5.20. The lowest BCUT2D eigenvalue weighted by atomic mass is 9.86. The quantitative estimate of drug-likeness (QED) is 0.691. The average Bonchev–Trinajstić information content (AvgIpc) is 2.40. The molecule has 0 N–H and O–H groups in total. The molecule has 0 aromatic heterocycles. The van der Waals surface area contributed by atoms with Crippen molar-refractivity contribution in [3.63, 3.8) is 0 Å². The zero-order chi connectivity index (χ0) is 11.7. The minimum absolute atomic E-state index is 0.454. The highest BCUT2D eigenvalue weighted by Gasteiger charge is 2.32. The number of hydrogen-bond acceptors (Lipinski definition) is 1. The molecule has 3 rings (SSSR count).